The number of hydrogen-bond donors (Lipinski definition) is 0. The van der Waals surface area contributed by atoms with E-state index in [-0.39, 0.29) is 18.9 Å². The normalized spacial score (nSPS) is 10.4. The Morgan fingerprint density at radius 2 is 1.86 bits per heavy atom. The highest BCUT2D eigenvalue weighted by atomic mass is 16.5. The van der Waals surface area contributed by atoms with Crippen LogP contribution in [0.2, 0.25) is 0 Å². The van der Waals surface area contributed by atoms with Gasteiger partial charge in [0.2, 0.25) is 0 Å². The fourth-order valence-electron chi connectivity index (χ4n) is 2.00. The first-order chi connectivity index (χ1) is 10.0. The van der Waals surface area contributed by atoms with Gasteiger partial charge in [0.1, 0.15) is 12.2 Å². The molecule has 0 N–H and O–H groups in total. The van der Waals surface area contributed by atoms with Crippen LogP contribution >= 0.6 is 0 Å². The largest absolute Gasteiger partial charge is 0.461 e. The first-order valence-electron chi connectivity index (χ1n) is 6.82. The van der Waals surface area contributed by atoms with E-state index in [1.54, 1.807) is 32.0 Å². The highest BCUT2D eigenvalue weighted by Gasteiger charge is 2.17. The van der Waals surface area contributed by atoms with E-state index in [4.69, 9.17) is 4.74 Å². The second-order valence-electron chi connectivity index (χ2n) is 4.84. The fraction of sp³-hybridized carbons (Fsp3) is 0.312. The van der Waals surface area contributed by atoms with Crippen LogP contribution < -0.4 is 0 Å². The van der Waals surface area contributed by atoms with Gasteiger partial charge in [-0.1, -0.05) is 29.8 Å². The maximum Gasteiger partial charge on any atom is 0.356 e. The number of hydrogen-bond acceptors (Lipinski definition) is 4. The maximum atomic E-state index is 12.3. The van der Waals surface area contributed by atoms with E-state index in [0.29, 0.717) is 17.0 Å². The molecule has 2 aromatic rings. The standard InChI is InChI=1S/C16H18N2O3/c1-4-21-16(20)14-9-12(3)17-18(14)10-15(19)13-7-5-11(2)6-8-13/h5-9H,4,10H2,1-3H3. The second kappa shape index (κ2) is 6.35. The Kier molecular flexibility index (Phi) is 4.52. The molecule has 0 bridgehead atoms. The first kappa shape index (κ1) is 15.0. The van der Waals surface area contributed by atoms with E-state index >= 15 is 0 Å². The quantitative estimate of drug-likeness (QED) is 0.626. The summed E-state index contributed by atoms with van der Waals surface area (Å²) in [6, 6.07) is 8.94. The molecule has 1 aromatic heterocycles. The van der Waals surface area contributed by atoms with Gasteiger partial charge in [-0.05, 0) is 26.8 Å². The van der Waals surface area contributed by atoms with Crippen LogP contribution in [0.1, 0.15) is 39.0 Å². The van der Waals surface area contributed by atoms with Crippen LogP contribution in [0.5, 0.6) is 0 Å². The third-order valence-electron chi connectivity index (χ3n) is 3.05. The third-order valence-corrected chi connectivity index (χ3v) is 3.05. The Morgan fingerprint density at radius 1 is 1.19 bits per heavy atom. The average Bonchev–Trinajstić information content (AvgIpc) is 2.80. The van der Waals surface area contributed by atoms with E-state index in [1.807, 2.05) is 19.1 Å². The minimum Gasteiger partial charge on any atom is -0.461 e. The molecule has 0 fully saturated rings. The molecule has 0 radical (unpaired) electrons. The summed E-state index contributed by atoms with van der Waals surface area (Å²) in [4.78, 5) is 24.1. The zero-order chi connectivity index (χ0) is 15.4. The summed E-state index contributed by atoms with van der Waals surface area (Å²) in [5, 5.41) is 4.19. The highest BCUT2D eigenvalue weighted by molar-refractivity contribution is 5.96. The molecule has 21 heavy (non-hydrogen) atoms. The molecule has 0 aliphatic carbocycles. The minimum atomic E-state index is -0.463. The Labute approximate surface area is 123 Å². The van der Waals surface area contributed by atoms with E-state index in [1.165, 1.54) is 4.68 Å². The van der Waals surface area contributed by atoms with Crippen molar-refractivity contribution >= 4 is 11.8 Å². The summed E-state index contributed by atoms with van der Waals surface area (Å²) in [7, 11) is 0. The lowest BCUT2D eigenvalue weighted by molar-refractivity contribution is 0.0512. The molecule has 0 saturated heterocycles. The zero-order valence-electron chi connectivity index (χ0n) is 12.4. The van der Waals surface area contributed by atoms with E-state index in [0.717, 1.165) is 5.56 Å². The van der Waals surface area contributed by atoms with Gasteiger partial charge in [-0.25, -0.2) is 4.79 Å². The minimum absolute atomic E-state index is 0.0189. The number of carbonyl (C=O) groups is 2. The molecule has 0 saturated carbocycles. The molecule has 1 aromatic carbocycles. The molecule has 2 rings (SSSR count). The predicted molar refractivity (Wildman–Crippen MR) is 78.4 cm³/mol. The molecule has 0 aliphatic heterocycles. The van der Waals surface area contributed by atoms with E-state index in [2.05, 4.69) is 5.10 Å². The number of ketones is 1. The number of Topliss-reactive ketones (excluding diaryl/α,β-unsaturated/α-hetero) is 1. The van der Waals surface area contributed by atoms with Crippen LogP contribution in [0, 0.1) is 13.8 Å². The van der Waals surface area contributed by atoms with Crippen LogP contribution in [-0.2, 0) is 11.3 Å². The Hall–Kier alpha value is -2.43. The van der Waals surface area contributed by atoms with Gasteiger partial charge in [-0.3, -0.25) is 9.48 Å². The van der Waals surface area contributed by atoms with Gasteiger partial charge in [0.05, 0.1) is 12.3 Å². The molecular weight excluding hydrogens is 268 g/mol. The van der Waals surface area contributed by atoms with Gasteiger partial charge in [0, 0.05) is 5.56 Å². The number of carbonyl (C=O) groups excluding carboxylic acids is 2. The summed E-state index contributed by atoms with van der Waals surface area (Å²) in [5.41, 5.74) is 2.67. The van der Waals surface area contributed by atoms with Gasteiger partial charge in [-0.2, -0.15) is 5.10 Å². The summed E-state index contributed by atoms with van der Waals surface area (Å²) >= 11 is 0. The van der Waals surface area contributed by atoms with Crippen LogP contribution in [-0.4, -0.2) is 28.1 Å². The second-order valence-corrected chi connectivity index (χ2v) is 4.84. The van der Waals surface area contributed by atoms with Crippen molar-refractivity contribution in [3.63, 3.8) is 0 Å². The molecule has 0 amide bonds. The number of aromatic nitrogens is 2. The molecule has 5 nitrogen and oxygen atoms in total. The van der Waals surface area contributed by atoms with Crippen LogP contribution in [0.25, 0.3) is 0 Å². The topological polar surface area (TPSA) is 61.2 Å². The van der Waals surface area contributed by atoms with Crippen molar-refractivity contribution in [3.05, 3.63) is 52.8 Å². The van der Waals surface area contributed by atoms with Gasteiger partial charge in [0.15, 0.2) is 5.78 Å². The lowest BCUT2D eigenvalue weighted by Gasteiger charge is -2.06. The lowest BCUT2D eigenvalue weighted by Crippen LogP contribution is -2.18. The van der Waals surface area contributed by atoms with Crippen molar-refractivity contribution in [2.24, 2.45) is 0 Å². The Balaban J connectivity index is 2.21. The van der Waals surface area contributed by atoms with Crippen LogP contribution in [0.15, 0.2) is 30.3 Å². The molecule has 5 heteroatoms. The number of rotatable bonds is 5. The summed E-state index contributed by atoms with van der Waals surface area (Å²) < 4.78 is 6.37. The summed E-state index contributed by atoms with van der Waals surface area (Å²) in [6.07, 6.45) is 0. The fourth-order valence-corrected chi connectivity index (χ4v) is 2.00. The summed E-state index contributed by atoms with van der Waals surface area (Å²) in [5.74, 6) is -0.557. The van der Waals surface area contributed by atoms with Crippen molar-refractivity contribution in [1.82, 2.24) is 9.78 Å². The van der Waals surface area contributed by atoms with Gasteiger partial charge in [-0.15, -0.1) is 0 Å². The molecule has 0 aliphatic rings. The number of benzene rings is 1. The summed E-state index contributed by atoms with van der Waals surface area (Å²) in [6.45, 7) is 5.78. The average molecular weight is 286 g/mol. The van der Waals surface area contributed by atoms with E-state index in [9.17, 15) is 9.59 Å². The lowest BCUT2D eigenvalue weighted by atomic mass is 10.1. The van der Waals surface area contributed by atoms with E-state index < -0.39 is 5.97 Å². The predicted octanol–water partition coefficient (Wildman–Crippen LogP) is 2.56. The smallest absolute Gasteiger partial charge is 0.356 e. The van der Waals surface area contributed by atoms with Crippen molar-refractivity contribution in [1.29, 1.82) is 0 Å². The monoisotopic (exact) mass is 286 g/mol. The SMILES string of the molecule is CCOC(=O)c1cc(C)nn1CC(=O)c1ccc(C)cc1. The third kappa shape index (κ3) is 3.56. The molecular formula is C16H18N2O3. The molecule has 0 unspecified atom stereocenters. The van der Waals surface area contributed by atoms with Crippen molar-refractivity contribution < 1.29 is 14.3 Å². The van der Waals surface area contributed by atoms with Crippen molar-refractivity contribution in [2.75, 3.05) is 6.61 Å². The van der Waals surface area contributed by atoms with Crippen LogP contribution in [0.3, 0.4) is 0 Å². The van der Waals surface area contributed by atoms with Gasteiger partial charge in [0.25, 0.3) is 0 Å². The number of esters is 1. The van der Waals surface area contributed by atoms with Crippen molar-refractivity contribution in [3.8, 4) is 0 Å². The van der Waals surface area contributed by atoms with Gasteiger partial charge < -0.3 is 4.74 Å². The first-order valence-corrected chi connectivity index (χ1v) is 6.82. The Morgan fingerprint density at radius 3 is 2.48 bits per heavy atom. The number of aryl methyl sites for hydroxylation is 2. The Bertz CT molecular complexity index is 657. The van der Waals surface area contributed by atoms with Crippen LogP contribution in [0.4, 0.5) is 0 Å². The molecule has 1 heterocycles. The molecule has 0 atom stereocenters. The molecule has 0 spiro atoms. The zero-order valence-corrected chi connectivity index (χ0v) is 12.4. The molecule has 110 valence electrons. The highest BCUT2D eigenvalue weighted by Crippen LogP contribution is 2.10. The maximum absolute atomic E-state index is 12.3. The number of nitrogens with zero attached hydrogens (tertiary/aromatic N) is 2. The van der Waals surface area contributed by atoms with Crippen molar-refractivity contribution in [2.45, 2.75) is 27.3 Å². The number of ether oxygens (including phenoxy) is 1. The van der Waals surface area contributed by atoms with Gasteiger partial charge >= 0.3 is 5.97 Å².